The highest BCUT2D eigenvalue weighted by Crippen LogP contribution is 2.23. The summed E-state index contributed by atoms with van der Waals surface area (Å²) in [7, 11) is 0. The Morgan fingerprint density at radius 2 is 1.95 bits per heavy atom. The van der Waals surface area contributed by atoms with Crippen molar-refractivity contribution in [1.82, 2.24) is 5.32 Å². The summed E-state index contributed by atoms with van der Waals surface area (Å²) in [5, 5.41) is 12.6. The second kappa shape index (κ2) is 7.44. The van der Waals surface area contributed by atoms with Crippen LogP contribution in [0.25, 0.3) is 0 Å². The molecule has 1 amide bonds. The van der Waals surface area contributed by atoms with Gasteiger partial charge in [-0.05, 0) is 42.7 Å². The molecule has 0 saturated heterocycles. The molecule has 2 atom stereocenters. The third kappa shape index (κ3) is 4.64. The minimum Gasteiger partial charge on any atom is -0.393 e. The second-order valence-corrected chi connectivity index (χ2v) is 5.84. The molecule has 1 aromatic carbocycles. The van der Waals surface area contributed by atoms with Crippen LogP contribution in [-0.2, 0) is 17.6 Å². The maximum absolute atomic E-state index is 11.9. The van der Waals surface area contributed by atoms with Gasteiger partial charge in [0.15, 0.2) is 0 Å². The van der Waals surface area contributed by atoms with Crippen molar-refractivity contribution in [3.63, 3.8) is 0 Å². The first-order chi connectivity index (χ1) is 9.67. The summed E-state index contributed by atoms with van der Waals surface area (Å²) in [6.07, 6.45) is 5.21. The van der Waals surface area contributed by atoms with E-state index in [0.717, 1.165) is 37.7 Å². The smallest absolute Gasteiger partial charge is 0.224 e. The molecule has 1 aliphatic rings. The molecular weight excluding hydrogens is 250 g/mol. The van der Waals surface area contributed by atoms with Gasteiger partial charge in [0.05, 0.1) is 12.5 Å². The van der Waals surface area contributed by atoms with Gasteiger partial charge in [0, 0.05) is 6.54 Å². The number of aliphatic hydroxyl groups is 1. The molecule has 0 bridgehead atoms. The van der Waals surface area contributed by atoms with E-state index in [9.17, 15) is 9.90 Å². The molecule has 1 aliphatic carbocycles. The van der Waals surface area contributed by atoms with Crippen LogP contribution in [0.15, 0.2) is 24.3 Å². The summed E-state index contributed by atoms with van der Waals surface area (Å²) >= 11 is 0. The van der Waals surface area contributed by atoms with E-state index in [1.807, 2.05) is 12.1 Å². The van der Waals surface area contributed by atoms with Crippen molar-refractivity contribution in [2.75, 3.05) is 6.54 Å². The van der Waals surface area contributed by atoms with Crippen molar-refractivity contribution in [3.8, 4) is 0 Å². The van der Waals surface area contributed by atoms with Crippen molar-refractivity contribution in [3.05, 3.63) is 35.4 Å². The first-order valence-corrected chi connectivity index (χ1v) is 7.70. The van der Waals surface area contributed by atoms with E-state index in [1.165, 1.54) is 5.56 Å². The van der Waals surface area contributed by atoms with Crippen molar-refractivity contribution in [2.45, 2.75) is 51.6 Å². The SMILES string of the molecule is CCc1ccc(CC(=O)NCC2CCCC(O)C2)cc1. The molecule has 1 aromatic rings. The zero-order valence-corrected chi connectivity index (χ0v) is 12.3. The monoisotopic (exact) mass is 275 g/mol. The third-order valence-corrected chi connectivity index (χ3v) is 4.14. The van der Waals surface area contributed by atoms with E-state index in [4.69, 9.17) is 0 Å². The molecule has 0 aromatic heterocycles. The molecule has 3 heteroatoms. The zero-order valence-electron chi connectivity index (χ0n) is 12.3. The Morgan fingerprint density at radius 1 is 1.25 bits per heavy atom. The average Bonchev–Trinajstić information content (AvgIpc) is 2.46. The molecule has 0 spiro atoms. The van der Waals surface area contributed by atoms with Crippen LogP contribution in [0.5, 0.6) is 0 Å². The number of aliphatic hydroxyl groups excluding tert-OH is 1. The summed E-state index contributed by atoms with van der Waals surface area (Å²) in [5.74, 6) is 0.513. The van der Waals surface area contributed by atoms with Crippen LogP contribution in [0.4, 0.5) is 0 Å². The van der Waals surface area contributed by atoms with Gasteiger partial charge in [-0.3, -0.25) is 4.79 Å². The van der Waals surface area contributed by atoms with Crippen LogP contribution in [0.2, 0.25) is 0 Å². The number of amides is 1. The number of carbonyl (C=O) groups is 1. The van der Waals surface area contributed by atoms with Crippen LogP contribution in [0.1, 0.15) is 43.7 Å². The highest BCUT2D eigenvalue weighted by Gasteiger charge is 2.20. The summed E-state index contributed by atoms with van der Waals surface area (Å²) in [5.41, 5.74) is 2.36. The van der Waals surface area contributed by atoms with Gasteiger partial charge >= 0.3 is 0 Å². The lowest BCUT2D eigenvalue weighted by Crippen LogP contribution is -2.33. The van der Waals surface area contributed by atoms with Crippen molar-refractivity contribution in [2.24, 2.45) is 5.92 Å². The first-order valence-electron chi connectivity index (χ1n) is 7.70. The van der Waals surface area contributed by atoms with E-state index >= 15 is 0 Å². The van der Waals surface area contributed by atoms with Crippen LogP contribution < -0.4 is 5.32 Å². The van der Waals surface area contributed by atoms with Gasteiger partial charge in [-0.25, -0.2) is 0 Å². The largest absolute Gasteiger partial charge is 0.393 e. The molecule has 110 valence electrons. The van der Waals surface area contributed by atoms with Gasteiger partial charge in [-0.15, -0.1) is 0 Å². The molecule has 2 N–H and O–H groups in total. The van der Waals surface area contributed by atoms with E-state index < -0.39 is 0 Å². The van der Waals surface area contributed by atoms with Gasteiger partial charge in [0.25, 0.3) is 0 Å². The Hall–Kier alpha value is -1.35. The highest BCUT2D eigenvalue weighted by molar-refractivity contribution is 5.78. The van der Waals surface area contributed by atoms with Crippen LogP contribution >= 0.6 is 0 Å². The Bertz CT molecular complexity index is 427. The molecular formula is C17H25NO2. The number of hydrogen-bond acceptors (Lipinski definition) is 2. The van der Waals surface area contributed by atoms with Gasteiger partial charge in [-0.1, -0.05) is 37.6 Å². The molecule has 0 radical (unpaired) electrons. The highest BCUT2D eigenvalue weighted by atomic mass is 16.3. The van der Waals surface area contributed by atoms with Crippen molar-refractivity contribution in [1.29, 1.82) is 0 Å². The maximum Gasteiger partial charge on any atom is 0.224 e. The van der Waals surface area contributed by atoms with Gasteiger partial charge in [-0.2, -0.15) is 0 Å². The minimum atomic E-state index is -0.174. The van der Waals surface area contributed by atoms with E-state index in [-0.39, 0.29) is 12.0 Å². The number of nitrogens with one attached hydrogen (secondary N) is 1. The van der Waals surface area contributed by atoms with Gasteiger partial charge < -0.3 is 10.4 Å². The summed E-state index contributed by atoms with van der Waals surface area (Å²) in [6.45, 7) is 2.82. The zero-order chi connectivity index (χ0) is 14.4. The molecule has 0 aliphatic heterocycles. The predicted octanol–water partition coefficient (Wildman–Crippen LogP) is 2.46. The second-order valence-electron chi connectivity index (χ2n) is 5.84. The standard InChI is InChI=1S/C17H25NO2/c1-2-13-6-8-14(9-7-13)11-17(20)18-12-15-4-3-5-16(19)10-15/h6-9,15-16,19H,2-5,10-12H2,1H3,(H,18,20). The maximum atomic E-state index is 11.9. The molecule has 0 heterocycles. The summed E-state index contributed by atoms with van der Waals surface area (Å²) in [4.78, 5) is 11.9. The fourth-order valence-electron chi connectivity index (χ4n) is 2.85. The van der Waals surface area contributed by atoms with Crippen LogP contribution in [0, 0.1) is 5.92 Å². The van der Waals surface area contributed by atoms with E-state index in [1.54, 1.807) is 0 Å². The number of aryl methyl sites for hydroxylation is 1. The molecule has 2 unspecified atom stereocenters. The van der Waals surface area contributed by atoms with Gasteiger partial charge in [0.1, 0.15) is 0 Å². The summed E-state index contributed by atoms with van der Waals surface area (Å²) < 4.78 is 0. The molecule has 1 saturated carbocycles. The molecule has 1 fully saturated rings. The van der Waals surface area contributed by atoms with E-state index in [0.29, 0.717) is 18.9 Å². The Morgan fingerprint density at radius 3 is 2.60 bits per heavy atom. The third-order valence-electron chi connectivity index (χ3n) is 4.14. The lowest BCUT2D eigenvalue weighted by molar-refractivity contribution is -0.120. The fraction of sp³-hybridized carbons (Fsp3) is 0.588. The molecule has 3 nitrogen and oxygen atoms in total. The Kier molecular flexibility index (Phi) is 5.60. The normalized spacial score (nSPS) is 22.5. The number of hydrogen-bond donors (Lipinski definition) is 2. The lowest BCUT2D eigenvalue weighted by atomic mass is 9.87. The topological polar surface area (TPSA) is 49.3 Å². The number of carbonyl (C=O) groups excluding carboxylic acids is 1. The van der Waals surface area contributed by atoms with Crippen molar-refractivity contribution >= 4 is 5.91 Å². The molecule has 2 rings (SSSR count). The first kappa shape index (κ1) is 15.0. The Labute approximate surface area is 121 Å². The quantitative estimate of drug-likeness (QED) is 0.867. The predicted molar refractivity (Wildman–Crippen MR) is 80.5 cm³/mol. The average molecular weight is 275 g/mol. The van der Waals surface area contributed by atoms with Gasteiger partial charge in [0.2, 0.25) is 5.91 Å². The summed E-state index contributed by atoms with van der Waals surface area (Å²) in [6, 6.07) is 8.23. The lowest BCUT2D eigenvalue weighted by Gasteiger charge is -2.25. The molecule has 20 heavy (non-hydrogen) atoms. The number of benzene rings is 1. The van der Waals surface area contributed by atoms with Crippen molar-refractivity contribution < 1.29 is 9.90 Å². The Balaban J connectivity index is 1.74. The van der Waals surface area contributed by atoms with Crippen LogP contribution in [-0.4, -0.2) is 23.7 Å². The van der Waals surface area contributed by atoms with E-state index in [2.05, 4.69) is 24.4 Å². The fourth-order valence-corrected chi connectivity index (χ4v) is 2.85. The van der Waals surface area contributed by atoms with Crippen LogP contribution in [0.3, 0.4) is 0 Å². The number of rotatable bonds is 5. The minimum absolute atomic E-state index is 0.0781.